The summed E-state index contributed by atoms with van der Waals surface area (Å²) in [6, 6.07) is 0. The molecular formula is C11H20O2. The smallest absolute Gasteiger partial charge is 0.151 e. The highest BCUT2D eigenvalue weighted by Gasteiger charge is 2.34. The van der Waals surface area contributed by atoms with Crippen LogP contribution in [0.1, 0.15) is 46.0 Å². The maximum Gasteiger partial charge on any atom is 0.151 e. The van der Waals surface area contributed by atoms with Gasteiger partial charge in [-0.15, -0.1) is 0 Å². The molecule has 2 nitrogen and oxygen atoms in total. The molecule has 0 unspecified atom stereocenters. The zero-order valence-corrected chi connectivity index (χ0v) is 8.71. The second-order valence-electron chi connectivity index (χ2n) is 4.21. The van der Waals surface area contributed by atoms with Crippen molar-refractivity contribution in [3.05, 3.63) is 0 Å². The Balaban J connectivity index is 2.45. The van der Waals surface area contributed by atoms with E-state index >= 15 is 0 Å². The fraction of sp³-hybridized carbons (Fsp3) is 0.909. The minimum atomic E-state index is -0.428. The van der Waals surface area contributed by atoms with Gasteiger partial charge in [0.1, 0.15) is 5.60 Å². The van der Waals surface area contributed by atoms with Crippen LogP contribution in [0.5, 0.6) is 0 Å². The Kier molecular flexibility index (Phi) is 3.91. The van der Waals surface area contributed by atoms with E-state index in [9.17, 15) is 4.79 Å². The standard InChI is InChI=1S/C11H20O2/c1-3-8-13-11(9-12)6-4-10(2)5-7-11/h9-10H,3-8H2,1-2H3. The number of carbonyl (C=O) groups is 1. The zero-order chi connectivity index (χ0) is 9.73. The molecule has 0 aromatic heterocycles. The van der Waals surface area contributed by atoms with Gasteiger partial charge in [-0.2, -0.15) is 0 Å². The number of hydrogen-bond donors (Lipinski definition) is 0. The summed E-state index contributed by atoms with van der Waals surface area (Å²) >= 11 is 0. The molecule has 13 heavy (non-hydrogen) atoms. The molecule has 0 aliphatic heterocycles. The van der Waals surface area contributed by atoms with Gasteiger partial charge in [-0.05, 0) is 38.0 Å². The molecule has 1 rings (SSSR count). The Morgan fingerprint density at radius 2 is 2.08 bits per heavy atom. The van der Waals surface area contributed by atoms with E-state index < -0.39 is 5.60 Å². The number of aldehydes is 1. The van der Waals surface area contributed by atoms with Gasteiger partial charge < -0.3 is 9.53 Å². The van der Waals surface area contributed by atoms with Crippen LogP contribution < -0.4 is 0 Å². The summed E-state index contributed by atoms with van der Waals surface area (Å²) in [4.78, 5) is 11.0. The second kappa shape index (κ2) is 4.75. The Morgan fingerprint density at radius 3 is 2.54 bits per heavy atom. The lowest BCUT2D eigenvalue weighted by atomic mass is 9.80. The van der Waals surface area contributed by atoms with Crippen LogP contribution in [0.15, 0.2) is 0 Å². The van der Waals surface area contributed by atoms with E-state index in [1.807, 2.05) is 0 Å². The predicted octanol–water partition coefficient (Wildman–Crippen LogP) is 2.56. The third kappa shape index (κ3) is 2.80. The van der Waals surface area contributed by atoms with Gasteiger partial charge in [-0.3, -0.25) is 0 Å². The first kappa shape index (κ1) is 10.7. The minimum absolute atomic E-state index is 0.428. The zero-order valence-electron chi connectivity index (χ0n) is 8.71. The summed E-state index contributed by atoms with van der Waals surface area (Å²) in [6.07, 6.45) is 6.10. The Bertz CT molecular complexity index is 152. The van der Waals surface area contributed by atoms with Crippen molar-refractivity contribution >= 4 is 6.29 Å². The van der Waals surface area contributed by atoms with Crippen LogP contribution in [-0.4, -0.2) is 18.5 Å². The molecule has 0 radical (unpaired) electrons. The van der Waals surface area contributed by atoms with Gasteiger partial charge in [-0.25, -0.2) is 0 Å². The maximum atomic E-state index is 11.0. The van der Waals surface area contributed by atoms with Gasteiger partial charge in [-0.1, -0.05) is 13.8 Å². The second-order valence-corrected chi connectivity index (χ2v) is 4.21. The van der Waals surface area contributed by atoms with Gasteiger partial charge >= 0.3 is 0 Å². The molecule has 0 saturated heterocycles. The Morgan fingerprint density at radius 1 is 1.46 bits per heavy atom. The minimum Gasteiger partial charge on any atom is -0.368 e. The van der Waals surface area contributed by atoms with E-state index in [0.717, 1.165) is 44.3 Å². The lowest BCUT2D eigenvalue weighted by molar-refractivity contribution is -0.137. The summed E-state index contributed by atoms with van der Waals surface area (Å²) in [5.74, 6) is 0.762. The van der Waals surface area contributed by atoms with Gasteiger partial charge in [0, 0.05) is 6.61 Å². The van der Waals surface area contributed by atoms with E-state index in [0.29, 0.717) is 6.61 Å². The summed E-state index contributed by atoms with van der Waals surface area (Å²) < 4.78 is 5.65. The summed E-state index contributed by atoms with van der Waals surface area (Å²) in [6.45, 7) is 5.03. The topological polar surface area (TPSA) is 26.3 Å². The van der Waals surface area contributed by atoms with E-state index in [-0.39, 0.29) is 0 Å². The van der Waals surface area contributed by atoms with E-state index in [1.54, 1.807) is 0 Å². The van der Waals surface area contributed by atoms with Crippen molar-refractivity contribution in [3.8, 4) is 0 Å². The lowest BCUT2D eigenvalue weighted by Crippen LogP contribution is -2.38. The van der Waals surface area contributed by atoms with Crippen molar-refractivity contribution in [2.75, 3.05) is 6.61 Å². The first-order valence-corrected chi connectivity index (χ1v) is 5.33. The molecule has 1 saturated carbocycles. The largest absolute Gasteiger partial charge is 0.368 e. The monoisotopic (exact) mass is 184 g/mol. The maximum absolute atomic E-state index is 11.0. The highest BCUT2D eigenvalue weighted by atomic mass is 16.5. The number of carbonyl (C=O) groups excluding carboxylic acids is 1. The third-order valence-electron chi connectivity index (χ3n) is 2.93. The fourth-order valence-corrected chi connectivity index (χ4v) is 1.85. The molecule has 0 aromatic rings. The quantitative estimate of drug-likeness (QED) is 0.628. The molecule has 1 aliphatic carbocycles. The van der Waals surface area contributed by atoms with Crippen LogP contribution in [-0.2, 0) is 9.53 Å². The van der Waals surface area contributed by atoms with Gasteiger partial charge in [0.05, 0.1) is 0 Å². The van der Waals surface area contributed by atoms with Gasteiger partial charge in [0.2, 0.25) is 0 Å². The highest BCUT2D eigenvalue weighted by molar-refractivity contribution is 5.62. The molecule has 0 N–H and O–H groups in total. The molecule has 0 amide bonds. The lowest BCUT2D eigenvalue weighted by Gasteiger charge is -2.34. The SMILES string of the molecule is CCCOC1(C=O)CCC(C)CC1. The molecular weight excluding hydrogens is 164 g/mol. The van der Waals surface area contributed by atoms with Crippen LogP contribution in [0.4, 0.5) is 0 Å². The summed E-state index contributed by atoms with van der Waals surface area (Å²) in [7, 11) is 0. The van der Waals surface area contributed by atoms with Crippen LogP contribution in [0, 0.1) is 5.92 Å². The predicted molar refractivity (Wildman–Crippen MR) is 52.7 cm³/mol. The average Bonchev–Trinajstić information content (AvgIpc) is 2.18. The van der Waals surface area contributed by atoms with E-state index in [1.165, 1.54) is 0 Å². The molecule has 0 atom stereocenters. The summed E-state index contributed by atoms with van der Waals surface area (Å²) in [5, 5.41) is 0. The molecule has 1 aliphatic rings. The number of rotatable bonds is 4. The molecule has 0 heterocycles. The van der Waals surface area contributed by atoms with E-state index in [2.05, 4.69) is 13.8 Å². The first-order chi connectivity index (χ1) is 6.22. The average molecular weight is 184 g/mol. The fourth-order valence-electron chi connectivity index (χ4n) is 1.85. The normalized spacial score (nSPS) is 34.5. The van der Waals surface area contributed by atoms with Gasteiger partial charge in [0.15, 0.2) is 6.29 Å². The van der Waals surface area contributed by atoms with Crippen molar-refractivity contribution < 1.29 is 9.53 Å². The molecule has 0 aromatic carbocycles. The molecule has 1 fully saturated rings. The van der Waals surface area contributed by atoms with Crippen molar-refractivity contribution in [1.82, 2.24) is 0 Å². The van der Waals surface area contributed by atoms with Crippen LogP contribution in [0.2, 0.25) is 0 Å². The molecule has 76 valence electrons. The first-order valence-electron chi connectivity index (χ1n) is 5.33. The number of hydrogen-bond acceptors (Lipinski definition) is 2. The van der Waals surface area contributed by atoms with Crippen molar-refractivity contribution in [1.29, 1.82) is 0 Å². The third-order valence-corrected chi connectivity index (χ3v) is 2.93. The van der Waals surface area contributed by atoms with Crippen LogP contribution >= 0.6 is 0 Å². The Labute approximate surface area is 80.7 Å². The van der Waals surface area contributed by atoms with Crippen molar-refractivity contribution in [2.24, 2.45) is 5.92 Å². The van der Waals surface area contributed by atoms with Gasteiger partial charge in [0.25, 0.3) is 0 Å². The molecule has 2 heteroatoms. The molecule has 0 spiro atoms. The summed E-state index contributed by atoms with van der Waals surface area (Å²) in [5.41, 5.74) is -0.428. The molecule has 0 bridgehead atoms. The Hall–Kier alpha value is -0.370. The number of ether oxygens (including phenoxy) is 1. The highest BCUT2D eigenvalue weighted by Crippen LogP contribution is 2.33. The van der Waals surface area contributed by atoms with Crippen molar-refractivity contribution in [3.63, 3.8) is 0 Å². The van der Waals surface area contributed by atoms with E-state index in [4.69, 9.17) is 4.74 Å². The van der Waals surface area contributed by atoms with Crippen LogP contribution in [0.25, 0.3) is 0 Å². The van der Waals surface area contributed by atoms with Crippen molar-refractivity contribution in [2.45, 2.75) is 51.6 Å². The van der Waals surface area contributed by atoms with Crippen LogP contribution in [0.3, 0.4) is 0 Å².